The summed E-state index contributed by atoms with van der Waals surface area (Å²) in [4.78, 5) is 11.7. The smallest absolute Gasteiger partial charge is 0.233 e. The zero-order valence-corrected chi connectivity index (χ0v) is 10.7. The summed E-state index contributed by atoms with van der Waals surface area (Å²) in [6, 6.07) is 0.0914. The summed E-state index contributed by atoms with van der Waals surface area (Å²) in [5.41, 5.74) is 0. The fraction of sp³-hybridized carbons (Fsp3) is 0.889. The Morgan fingerprint density at radius 2 is 2.57 bits per heavy atom. The molecule has 1 aliphatic heterocycles. The van der Waals surface area contributed by atoms with Gasteiger partial charge in [0.25, 0.3) is 0 Å². The number of carbonyl (C=O) groups excluding carboxylic acids is 1. The molecule has 0 bridgehead atoms. The maximum Gasteiger partial charge on any atom is 0.233 e. The van der Waals surface area contributed by atoms with E-state index in [0.717, 1.165) is 23.9 Å². The second kappa shape index (κ2) is 6.69. The summed E-state index contributed by atoms with van der Waals surface area (Å²) in [6.07, 6.45) is 2.17. The van der Waals surface area contributed by atoms with E-state index in [1.165, 1.54) is 0 Å². The standard InChI is InChI=1S/C9H16BrNO2S/c1-13-6-7(5-10)11-9(12)8-3-2-4-14-8/h7-8H,2-6H2,1H3,(H,11,12). The van der Waals surface area contributed by atoms with Crippen molar-refractivity contribution in [3.05, 3.63) is 0 Å². The quantitative estimate of drug-likeness (QED) is 0.775. The van der Waals surface area contributed by atoms with E-state index in [1.54, 1.807) is 18.9 Å². The largest absolute Gasteiger partial charge is 0.383 e. The van der Waals surface area contributed by atoms with Crippen molar-refractivity contribution in [2.75, 3.05) is 24.8 Å². The minimum absolute atomic E-state index is 0.0914. The fourth-order valence-corrected chi connectivity index (χ4v) is 2.92. The van der Waals surface area contributed by atoms with Crippen molar-refractivity contribution in [2.45, 2.75) is 24.1 Å². The zero-order valence-electron chi connectivity index (χ0n) is 8.29. The van der Waals surface area contributed by atoms with Gasteiger partial charge in [0.2, 0.25) is 5.91 Å². The summed E-state index contributed by atoms with van der Waals surface area (Å²) in [7, 11) is 1.64. The lowest BCUT2D eigenvalue weighted by Crippen LogP contribution is -2.43. The molecule has 2 atom stereocenters. The average Bonchev–Trinajstić information content (AvgIpc) is 2.69. The molecule has 1 rings (SSSR count). The molecule has 0 aromatic carbocycles. The molecule has 0 aromatic heterocycles. The van der Waals surface area contributed by atoms with Gasteiger partial charge in [0.1, 0.15) is 0 Å². The molecule has 0 aromatic rings. The van der Waals surface area contributed by atoms with Crippen LogP contribution in [-0.2, 0) is 9.53 Å². The van der Waals surface area contributed by atoms with E-state index in [2.05, 4.69) is 21.2 Å². The number of hydrogen-bond donors (Lipinski definition) is 1. The molecule has 3 nitrogen and oxygen atoms in total. The third-order valence-corrected chi connectivity index (χ3v) is 4.28. The van der Waals surface area contributed by atoms with E-state index >= 15 is 0 Å². The molecule has 0 radical (unpaired) electrons. The maximum absolute atomic E-state index is 11.7. The topological polar surface area (TPSA) is 38.3 Å². The molecule has 1 saturated heterocycles. The van der Waals surface area contributed by atoms with Crippen LogP contribution in [0.15, 0.2) is 0 Å². The normalized spacial score (nSPS) is 23.4. The average molecular weight is 282 g/mol. The van der Waals surface area contributed by atoms with Crippen LogP contribution in [0.5, 0.6) is 0 Å². The highest BCUT2D eigenvalue weighted by molar-refractivity contribution is 9.09. The van der Waals surface area contributed by atoms with Crippen LogP contribution in [-0.4, -0.2) is 42.0 Å². The Morgan fingerprint density at radius 1 is 1.79 bits per heavy atom. The highest BCUT2D eigenvalue weighted by atomic mass is 79.9. The predicted molar refractivity (Wildman–Crippen MR) is 63.1 cm³/mol. The lowest BCUT2D eigenvalue weighted by molar-refractivity contribution is -0.121. The van der Waals surface area contributed by atoms with Crippen LogP contribution >= 0.6 is 27.7 Å². The van der Waals surface area contributed by atoms with Gasteiger partial charge in [-0.15, -0.1) is 11.8 Å². The van der Waals surface area contributed by atoms with E-state index in [1.807, 2.05) is 0 Å². The molecule has 5 heteroatoms. The lowest BCUT2D eigenvalue weighted by atomic mass is 10.2. The van der Waals surface area contributed by atoms with E-state index in [0.29, 0.717) is 6.61 Å². The van der Waals surface area contributed by atoms with E-state index in [9.17, 15) is 4.79 Å². The number of alkyl halides is 1. The zero-order chi connectivity index (χ0) is 10.4. The highest BCUT2D eigenvalue weighted by Crippen LogP contribution is 2.26. The first-order valence-electron chi connectivity index (χ1n) is 4.74. The van der Waals surface area contributed by atoms with Crippen LogP contribution in [0.4, 0.5) is 0 Å². The predicted octanol–water partition coefficient (Wildman–Crippen LogP) is 1.41. The Bertz CT molecular complexity index is 186. The Hall–Kier alpha value is 0.260. The van der Waals surface area contributed by atoms with Crippen molar-refractivity contribution in [1.82, 2.24) is 5.32 Å². The van der Waals surface area contributed by atoms with Gasteiger partial charge in [-0.2, -0.15) is 0 Å². The monoisotopic (exact) mass is 281 g/mol. The molecule has 1 heterocycles. The maximum atomic E-state index is 11.7. The van der Waals surface area contributed by atoms with Gasteiger partial charge in [0.15, 0.2) is 0 Å². The van der Waals surface area contributed by atoms with Crippen molar-refractivity contribution in [2.24, 2.45) is 0 Å². The number of hydrogen-bond acceptors (Lipinski definition) is 3. The van der Waals surface area contributed by atoms with E-state index < -0.39 is 0 Å². The van der Waals surface area contributed by atoms with Crippen LogP contribution in [0.2, 0.25) is 0 Å². The van der Waals surface area contributed by atoms with Crippen molar-refractivity contribution >= 4 is 33.6 Å². The SMILES string of the molecule is COCC(CBr)NC(=O)C1CCCS1. The second-order valence-electron chi connectivity index (χ2n) is 3.32. The minimum Gasteiger partial charge on any atom is -0.383 e. The first-order chi connectivity index (χ1) is 6.77. The number of amides is 1. The molecule has 1 amide bonds. The van der Waals surface area contributed by atoms with Crippen molar-refractivity contribution in [3.63, 3.8) is 0 Å². The molecule has 82 valence electrons. The third-order valence-electron chi connectivity index (χ3n) is 2.12. The number of rotatable bonds is 5. The number of thioether (sulfide) groups is 1. The number of methoxy groups -OCH3 is 1. The highest BCUT2D eigenvalue weighted by Gasteiger charge is 2.24. The van der Waals surface area contributed by atoms with E-state index in [4.69, 9.17) is 4.74 Å². The fourth-order valence-electron chi connectivity index (χ4n) is 1.40. The third kappa shape index (κ3) is 3.79. The molecule has 2 unspecified atom stereocenters. The van der Waals surface area contributed by atoms with Crippen molar-refractivity contribution in [1.29, 1.82) is 0 Å². The molecular weight excluding hydrogens is 266 g/mol. The van der Waals surface area contributed by atoms with Crippen LogP contribution in [0.25, 0.3) is 0 Å². The summed E-state index contributed by atoms with van der Waals surface area (Å²) in [5, 5.41) is 3.88. The van der Waals surface area contributed by atoms with Gasteiger partial charge in [0, 0.05) is 12.4 Å². The number of carbonyl (C=O) groups is 1. The van der Waals surface area contributed by atoms with Gasteiger partial charge in [0.05, 0.1) is 17.9 Å². The van der Waals surface area contributed by atoms with Crippen LogP contribution < -0.4 is 5.32 Å². The van der Waals surface area contributed by atoms with Gasteiger partial charge >= 0.3 is 0 Å². The Kier molecular flexibility index (Phi) is 5.89. The summed E-state index contributed by atoms with van der Waals surface area (Å²) >= 11 is 5.11. The molecule has 1 fully saturated rings. The minimum atomic E-state index is 0.0914. The van der Waals surface area contributed by atoms with Crippen molar-refractivity contribution < 1.29 is 9.53 Å². The van der Waals surface area contributed by atoms with Gasteiger partial charge < -0.3 is 10.1 Å². The molecule has 0 spiro atoms. The van der Waals surface area contributed by atoms with Gasteiger partial charge in [-0.25, -0.2) is 0 Å². The van der Waals surface area contributed by atoms with Crippen LogP contribution in [0.1, 0.15) is 12.8 Å². The van der Waals surface area contributed by atoms with Crippen LogP contribution in [0.3, 0.4) is 0 Å². The Labute approximate surface area is 97.5 Å². The first-order valence-corrected chi connectivity index (χ1v) is 6.92. The summed E-state index contributed by atoms with van der Waals surface area (Å²) in [6.45, 7) is 0.564. The van der Waals surface area contributed by atoms with Gasteiger partial charge in [-0.3, -0.25) is 4.79 Å². The molecule has 1 aliphatic rings. The number of ether oxygens (including phenoxy) is 1. The number of halogens is 1. The molecule has 0 aliphatic carbocycles. The molecular formula is C9H16BrNO2S. The van der Waals surface area contributed by atoms with Gasteiger partial charge in [-0.1, -0.05) is 15.9 Å². The molecule has 14 heavy (non-hydrogen) atoms. The first kappa shape index (κ1) is 12.3. The Balaban J connectivity index is 2.29. The summed E-state index contributed by atoms with van der Waals surface area (Å²) in [5.74, 6) is 1.27. The van der Waals surface area contributed by atoms with Gasteiger partial charge in [-0.05, 0) is 18.6 Å². The Morgan fingerprint density at radius 3 is 3.07 bits per heavy atom. The van der Waals surface area contributed by atoms with Crippen molar-refractivity contribution in [3.8, 4) is 0 Å². The number of nitrogens with one attached hydrogen (secondary N) is 1. The molecule has 1 N–H and O–H groups in total. The second-order valence-corrected chi connectivity index (χ2v) is 5.27. The summed E-state index contributed by atoms with van der Waals surface area (Å²) < 4.78 is 5.01. The van der Waals surface area contributed by atoms with Crippen LogP contribution in [0, 0.1) is 0 Å². The lowest BCUT2D eigenvalue weighted by Gasteiger charge is -2.17. The molecule has 0 saturated carbocycles. The van der Waals surface area contributed by atoms with E-state index in [-0.39, 0.29) is 17.2 Å².